The fraction of sp³-hybridized carbons (Fsp3) is 0.0714. The van der Waals surface area contributed by atoms with Gasteiger partial charge in [0.05, 0.1) is 0 Å². The number of nitrogens with two attached hydrogens (primary N) is 1. The number of pyridine rings is 1. The van der Waals surface area contributed by atoms with Crippen molar-refractivity contribution in [2.24, 2.45) is 5.73 Å². The third-order valence-electron chi connectivity index (χ3n) is 2.56. The number of hydrogen-bond acceptors (Lipinski definition) is 3. The Balaban J connectivity index is 2.01. The topological polar surface area (TPSA) is 68.0 Å². The molecule has 0 aliphatic heterocycles. The Morgan fingerprint density at radius 3 is 2.79 bits per heavy atom. The van der Waals surface area contributed by atoms with E-state index in [2.05, 4.69) is 10.3 Å². The summed E-state index contributed by atoms with van der Waals surface area (Å²) in [6.07, 6.45) is 1.59. The third-order valence-corrected chi connectivity index (χ3v) is 2.80. The molecule has 0 saturated heterocycles. The highest BCUT2D eigenvalue weighted by Gasteiger charge is 2.06. The molecule has 19 heavy (non-hydrogen) atoms. The second-order valence-electron chi connectivity index (χ2n) is 3.96. The summed E-state index contributed by atoms with van der Waals surface area (Å²) in [7, 11) is 0. The predicted octanol–water partition coefficient (Wildman–Crippen LogP) is 1.65. The quantitative estimate of drug-likeness (QED) is 0.830. The van der Waals surface area contributed by atoms with Gasteiger partial charge in [0.25, 0.3) is 5.91 Å². The molecule has 0 aliphatic carbocycles. The highest BCUT2D eigenvalue weighted by molar-refractivity contribution is 7.80. The second-order valence-corrected chi connectivity index (χ2v) is 4.40. The van der Waals surface area contributed by atoms with E-state index in [4.69, 9.17) is 18.0 Å². The van der Waals surface area contributed by atoms with Crippen molar-refractivity contribution in [2.45, 2.75) is 6.54 Å². The van der Waals surface area contributed by atoms with Crippen LogP contribution in [-0.4, -0.2) is 15.9 Å². The number of thiocarbonyl (C=S) groups is 1. The lowest BCUT2D eigenvalue weighted by atomic mass is 10.1. The summed E-state index contributed by atoms with van der Waals surface area (Å²) >= 11 is 4.91. The van der Waals surface area contributed by atoms with E-state index in [0.29, 0.717) is 17.2 Å². The van der Waals surface area contributed by atoms with Crippen molar-refractivity contribution in [3.63, 3.8) is 0 Å². The largest absolute Gasteiger partial charge is 0.389 e. The van der Waals surface area contributed by atoms with Gasteiger partial charge in [-0.05, 0) is 23.8 Å². The van der Waals surface area contributed by atoms with E-state index in [9.17, 15) is 4.79 Å². The van der Waals surface area contributed by atoms with Gasteiger partial charge in [0.2, 0.25) is 0 Å². The lowest BCUT2D eigenvalue weighted by molar-refractivity contribution is 0.0946. The number of carbonyl (C=O) groups excluding carboxylic acids is 1. The molecule has 0 atom stereocenters. The van der Waals surface area contributed by atoms with Crippen LogP contribution < -0.4 is 11.1 Å². The smallest absolute Gasteiger partial charge is 0.270 e. The molecule has 1 aromatic heterocycles. The minimum Gasteiger partial charge on any atom is -0.389 e. The molecule has 3 N–H and O–H groups in total. The number of rotatable bonds is 4. The van der Waals surface area contributed by atoms with Crippen LogP contribution in [0, 0.1) is 0 Å². The van der Waals surface area contributed by atoms with Crippen LogP contribution >= 0.6 is 12.2 Å². The molecule has 0 radical (unpaired) electrons. The molecule has 1 aromatic carbocycles. The zero-order valence-electron chi connectivity index (χ0n) is 10.2. The van der Waals surface area contributed by atoms with Crippen LogP contribution in [0.15, 0.2) is 48.7 Å². The molecule has 0 unspecified atom stereocenters. The standard InChI is InChI=1S/C14H13N3OS/c15-13(19)11-5-3-4-10(8-11)9-17-14(18)12-6-1-2-7-16-12/h1-8H,9H2,(H2,15,19)(H,17,18). The van der Waals surface area contributed by atoms with Gasteiger partial charge < -0.3 is 11.1 Å². The number of nitrogens with one attached hydrogen (secondary N) is 1. The van der Waals surface area contributed by atoms with Crippen molar-refractivity contribution in [1.29, 1.82) is 0 Å². The van der Waals surface area contributed by atoms with Crippen LogP contribution in [-0.2, 0) is 6.54 Å². The monoisotopic (exact) mass is 271 g/mol. The van der Waals surface area contributed by atoms with Gasteiger partial charge in [-0.15, -0.1) is 0 Å². The molecule has 0 aliphatic rings. The summed E-state index contributed by atoms with van der Waals surface area (Å²) in [4.78, 5) is 16.1. The molecule has 0 fully saturated rings. The van der Waals surface area contributed by atoms with Crippen LogP contribution in [0.3, 0.4) is 0 Å². The van der Waals surface area contributed by atoms with E-state index in [1.165, 1.54) is 0 Å². The molecular weight excluding hydrogens is 258 g/mol. The highest BCUT2D eigenvalue weighted by Crippen LogP contribution is 2.05. The van der Waals surface area contributed by atoms with Crippen molar-refractivity contribution < 1.29 is 4.79 Å². The molecular formula is C14H13N3OS. The van der Waals surface area contributed by atoms with Crippen LogP contribution in [0.2, 0.25) is 0 Å². The Bertz CT molecular complexity index is 599. The molecule has 0 saturated carbocycles. The minimum atomic E-state index is -0.207. The second kappa shape index (κ2) is 6.06. The minimum absolute atomic E-state index is 0.207. The number of nitrogens with zero attached hydrogens (tertiary/aromatic N) is 1. The summed E-state index contributed by atoms with van der Waals surface area (Å²) < 4.78 is 0. The first-order valence-corrected chi connectivity index (χ1v) is 6.15. The lowest BCUT2D eigenvalue weighted by Gasteiger charge is -2.06. The first-order valence-electron chi connectivity index (χ1n) is 5.75. The van der Waals surface area contributed by atoms with E-state index in [-0.39, 0.29) is 5.91 Å². The fourth-order valence-corrected chi connectivity index (χ4v) is 1.73. The molecule has 1 heterocycles. The fourth-order valence-electron chi connectivity index (χ4n) is 1.60. The Hall–Kier alpha value is -2.27. The van der Waals surface area contributed by atoms with Crippen molar-refractivity contribution in [3.8, 4) is 0 Å². The third kappa shape index (κ3) is 3.59. The van der Waals surface area contributed by atoms with Gasteiger partial charge in [0.1, 0.15) is 10.7 Å². The van der Waals surface area contributed by atoms with Gasteiger partial charge in [-0.1, -0.05) is 36.5 Å². The first kappa shape index (κ1) is 13.2. The molecule has 5 heteroatoms. The van der Waals surface area contributed by atoms with Crippen LogP contribution in [0.25, 0.3) is 0 Å². The van der Waals surface area contributed by atoms with Gasteiger partial charge in [-0.2, -0.15) is 0 Å². The van der Waals surface area contributed by atoms with Crippen molar-refractivity contribution >= 4 is 23.1 Å². The molecule has 2 aromatic rings. The predicted molar refractivity (Wildman–Crippen MR) is 77.7 cm³/mol. The number of amides is 1. The Kier molecular flexibility index (Phi) is 4.20. The summed E-state index contributed by atoms with van der Waals surface area (Å²) in [6.45, 7) is 0.409. The van der Waals surface area contributed by atoms with Gasteiger partial charge in [0.15, 0.2) is 0 Å². The molecule has 96 valence electrons. The molecule has 0 bridgehead atoms. The van der Waals surface area contributed by atoms with Gasteiger partial charge in [-0.25, -0.2) is 0 Å². The maximum Gasteiger partial charge on any atom is 0.270 e. The Morgan fingerprint density at radius 1 is 1.26 bits per heavy atom. The Morgan fingerprint density at radius 2 is 2.11 bits per heavy atom. The van der Waals surface area contributed by atoms with Gasteiger partial charge in [0, 0.05) is 18.3 Å². The van der Waals surface area contributed by atoms with Crippen LogP contribution in [0.4, 0.5) is 0 Å². The van der Waals surface area contributed by atoms with E-state index in [0.717, 1.165) is 11.1 Å². The summed E-state index contributed by atoms with van der Waals surface area (Å²) in [6, 6.07) is 12.7. The number of carbonyl (C=O) groups is 1. The normalized spacial score (nSPS) is 9.89. The maximum absolute atomic E-state index is 11.8. The molecule has 2 rings (SSSR count). The summed E-state index contributed by atoms with van der Waals surface area (Å²) in [5.74, 6) is -0.207. The zero-order chi connectivity index (χ0) is 13.7. The zero-order valence-corrected chi connectivity index (χ0v) is 11.0. The van der Waals surface area contributed by atoms with Crippen LogP contribution in [0.5, 0.6) is 0 Å². The molecule has 0 spiro atoms. The van der Waals surface area contributed by atoms with E-state index in [1.54, 1.807) is 24.4 Å². The first-order chi connectivity index (χ1) is 9.16. The van der Waals surface area contributed by atoms with E-state index < -0.39 is 0 Å². The summed E-state index contributed by atoms with van der Waals surface area (Å²) in [5.41, 5.74) is 7.69. The van der Waals surface area contributed by atoms with E-state index >= 15 is 0 Å². The molecule has 4 nitrogen and oxygen atoms in total. The highest BCUT2D eigenvalue weighted by atomic mass is 32.1. The lowest BCUT2D eigenvalue weighted by Crippen LogP contribution is -2.23. The average Bonchev–Trinajstić information content (AvgIpc) is 2.46. The number of aromatic nitrogens is 1. The van der Waals surface area contributed by atoms with Gasteiger partial charge >= 0.3 is 0 Å². The van der Waals surface area contributed by atoms with Crippen molar-refractivity contribution in [3.05, 3.63) is 65.5 Å². The van der Waals surface area contributed by atoms with Gasteiger partial charge in [-0.3, -0.25) is 9.78 Å². The maximum atomic E-state index is 11.8. The van der Waals surface area contributed by atoms with Crippen molar-refractivity contribution in [2.75, 3.05) is 0 Å². The van der Waals surface area contributed by atoms with E-state index in [1.807, 2.05) is 24.3 Å². The van der Waals surface area contributed by atoms with Crippen molar-refractivity contribution in [1.82, 2.24) is 10.3 Å². The summed E-state index contributed by atoms with van der Waals surface area (Å²) in [5, 5.41) is 2.80. The molecule has 1 amide bonds. The SMILES string of the molecule is NC(=S)c1cccc(CNC(=O)c2ccccn2)c1. The van der Waals surface area contributed by atoms with Crippen LogP contribution in [0.1, 0.15) is 21.6 Å². The number of hydrogen-bond donors (Lipinski definition) is 2. The Labute approximate surface area is 116 Å². The number of benzene rings is 1. The average molecular weight is 271 g/mol.